The van der Waals surface area contributed by atoms with Gasteiger partial charge in [0.05, 0.1) is 23.9 Å². The number of benzene rings is 2. The van der Waals surface area contributed by atoms with Gasteiger partial charge in [-0.05, 0) is 49.3 Å². The number of hydrogen-bond acceptors (Lipinski definition) is 1. The van der Waals surface area contributed by atoms with Crippen LogP contribution in [0.25, 0.3) is 38.3 Å². The molecule has 2 heterocycles. The molecule has 2 aromatic heterocycles. The fraction of sp³-hybridized carbons (Fsp3) is 0.143. The summed E-state index contributed by atoms with van der Waals surface area (Å²) in [6.07, 6.45) is 6.16. The van der Waals surface area contributed by atoms with E-state index in [1.54, 1.807) is 7.11 Å². The van der Waals surface area contributed by atoms with Crippen molar-refractivity contribution in [1.82, 2.24) is 9.97 Å². The van der Waals surface area contributed by atoms with Crippen molar-refractivity contribution in [3.63, 3.8) is 0 Å². The summed E-state index contributed by atoms with van der Waals surface area (Å²) in [5, 5.41) is 3.70. The van der Waals surface area contributed by atoms with E-state index in [4.69, 9.17) is 4.74 Å². The van der Waals surface area contributed by atoms with Gasteiger partial charge in [0.2, 0.25) is 0 Å². The second-order valence-corrected chi connectivity index (χ2v) is 6.02. The highest BCUT2D eigenvalue weighted by atomic mass is 16.5. The van der Waals surface area contributed by atoms with Gasteiger partial charge in [-0.2, -0.15) is 0 Å². The highest BCUT2D eigenvalue weighted by molar-refractivity contribution is 6.16. The van der Waals surface area contributed by atoms with Crippen LogP contribution in [0.2, 0.25) is 0 Å². The van der Waals surface area contributed by atoms with Gasteiger partial charge in [0, 0.05) is 27.9 Å². The molecule has 2 aromatic carbocycles. The van der Waals surface area contributed by atoms with Gasteiger partial charge in [-0.3, -0.25) is 0 Å². The Labute approximate surface area is 140 Å². The Morgan fingerprint density at radius 3 is 2.71 bits per heavy atom. The van der Waals surface area contributed by atoms with Crippen molar-refractivity contribution in [2.75, 3.05) is 7.11 Å². The maximum absolute atomic E-state index is 5.30. The Balaban J connectivity index is 1.96. The number of H-pyrrole nitrogens is 2. The molecular weight excluding hydrogens is 296 g/mol. The normalized spacial score (nSPS) is 13.3. The zero-order valence-corrected chi connectivity index (χ0v) is 14.1. The van der Waals surface area contributed by atoms with Crippen LogP contribution >= 0.6 is 0 Å². The molecule has 24 heavy (non-hydrogen) atoms. The molecule has 4 aromatic rings. The average Bonchev–Trinajstić information content (AvgIpc) is 3.22. The van der Waals surface area contributed by atoms with Crippen molar-refractivity contribution in [3.05, 3.63) is 66.1 Å². The summed E-state index contributed by atoms with van der Waals surface area (Å²) in [6, 6.07) is 13.0. The standard InChI is InChI=1S/C21H20N2O/c1-4-14(11-13(2)24-3)16-6-8-19-18(12-16)17-7-5-15-9-10-22-20(15)21(17)23-19/h4-12,22-23H,1-3H3. The summed E-state index contributed by atoms with van der Waals surface area (Å²) in [5.74, 6) is 0.898. The highest BCUT2D eigenvalue weighted by Crippen LogP contribution is 2.32. The zero-order chi connectivity index (χ0) is 16.7. The van der Waals surface area contributed by atoms with Gasteiger partial charge in [-0.15, -0.1) is 0 Å². The summed E-state index contributed by atoms with van der Waals surface area (Å²) in [7, 11) is 1.70. The van der Waals surface area contributed by atoms with Gasteiger partial charge in [0.25, 0.3) is 0 Å². The average molecular weight is 316 g/mol. The topological polar surface area (TPSA) is 40.8 Å². The molecule has 0 aliphatic heterocycles. The zero-order valence-electron chi connectivity index (χ0n) is 14.1. The lowest BCUT2D eigenvalue weighted by molar-refractivity contribution is 0.294. The molecule has 2 N–H and O–H groups in total. The van der Waals surface area contributed by atoms with Crippen LogP contribution in [-0.4, -0.2) is 17.1 Å². The maximum Gasteiger partial charge on any atom is 0.0930 e. The van der Waals surface area contributed by atoms with Crippen LogP contribution < -0.4 is 0 Å². The molecule has 0 saturated heterocycles. The third kappa shape index (κ3) is 2.21. The molecular formula is C21H20N2O. The van der Waals surface area contributed by atoms with Crippen LogP contribution in [0.4, 0.5) is 0 Å². The maximum atomic E-state index is 5.30. The highest BCUT2D eigenvalue weighted by Gasteiger charge is 2.10. The molecule has 0 amide bonds. The molecule has 0 bridgehead atoms. The van der Waals surface area contributed by atoms with Crippen molar-refractivity contribution in [3.8, 4) is 0 Å². The molecule has 3 heteroatoms. The number of aromatic amines is 2. The van der Waals surface area contributed by atoms with Crippen LogP contribution in [0.1, 0.15) is 19.4 Å². The Morgan fingerprint density at radius 2 is 1.92 bits per heavy atom. The SMILES string of the molecule is CC=C(C=C(C)OC)c1ccc2[nH]c3c(ccc4cc[nH]c43)c2c1. The number of hydrogen-bond donors (Lipinski definition) is 2. The Kier molecular flexibility index (Phi) is 3.42. The summed E-state index contributed by atoms with van der Waals surface area (Å²) < 4.78 is 5.30. The molecule has 0 aliphatic rings. The number of ether oxygens (including phenoxy) is 1. The molecule has 0 saturated carbocycles. The quantitative estimate of drug-likeness (QED) is 0.366. The van der Waals surface area contributed by atoms with E-state index in [9.17, 15) is 0 Å². The van der Waals surface area contributed by atoms with E-state index < -0.39 is 0 Å². The Bertz CT molecular complexity index is 1110. The smallest absolute Gasteiger partial charge is 0.0930 e. The van der Waals surface area contributed by atoms with E-state index in [0.29, 0.717) is 0 Å². The largest absolute Gasteiger partial charge is 0.501 e. The van der Waals surface area contributed by atoms with Crippen molar-refractivity contribution < 1.29 is 4.74 Å². The van der Waals surface area contributed by atoms with E-state index in [1.807, 2.05) is 13.1 Å². The Morgan fingerprint density at radius 1 is 1.04 bits per heavy atom. The monoisotopic (exact) mass is 316 g/mol. The van der Waals surface area contributed by atoms with Gasteiger partial charge in [0.15, 0.2) is 0 Å². The fourth-order valence-corrected chi connectivity index (χ4v) is 3.28. The van der Waals surface area contributed by atoms with Gasteiger partial charge in [0.1, 0.15) is 0 Å². The van der Waals surface area contributed by atoms with Gasteiger partial charge >= 0.3 is 0 Å². The van der Waals surface area contributed by atoms with Crippen LogP contribution in [0.5, 0.6) is 0 Å². The fourth-order valence-electron chi connectivity index (χ4n) is 3.28. The molecule has 120 valence electrons. The van der Waals surface area contributed by atoms with Crippen LogP contribution in [0.15, 0.2) is 60.5 Å². The van der Waals surface area contributed by atoms with E-state index in [0.717, 1.165) is 27.9 Å². The third-order valence-electron chi connectivity index (χ3n) is 4.62. The summed E-state index contributed by atoms with van der Waals surface area (Å²) in [4.78, 5) is 6.89. The number of methoxy groups -OCH3 is 1. The number of aromatic nitrogens is 2. The van der Waals surface area contributed by atoms with E-state index in [1.165, 1.54) is 21.7 Å². The third-order valence-corrected chi connectivity index (χ3v) is 4.62. The molecule has 0 atom stereocenters. The summed E-state index contributed by atoms with van der Waals surface area (Å²) >= 11 is 0. The summed E-state index contributed by atoms with van der Waals surface area (Å²) in [6.45, 7) is 4.02. The lowest BCUT2D eigenvalue weighted by Crippen LogP contribution is -1.85. The second-order valence-electron chi connectivity index (χ2n) is 6.02. The first-order valence-corrected chi connectivity index (χ1v) is 8.12. The molecule has 4 rings (SSSR count). The number of nitrogens with one attached hydrogen (secondary N) is 2. The molecule has 0 fully saturated rings. The number of rotatable bonds is 3. The first kappa shape index (κ1) is 14.6. The minimum Gasteiger partial charge on any atom is -0.501 e. The van der Waals surface area contributed by atoms with Crippen molar-refractivity contribution in [2.24, 2.45) is 0 Å². The first-order valence-electron chi connectivity index (χ1n) is 8.12. The first-order chi connectivity index (χ1) is 11.7. The van der Waals surface area contributed by atoms with E-state index in [2.05, 4.69) is 65.4 Å². The second kappa shape index (κ2) is 5.60. The van der Waals surface area contributed by atoms with Gasteiger partial charge in [-0.1, -0.05) is 24.3 Å². The minimum absolute atomic E-state index is 0.898. The van der Waals surface area contributed by atoms with Crippen LogP contribution in [0.3, 0.4) is 0 Å². The molecule has 3 nitrogen and oxygen atoms in total. The predicted molar refractivity (Wildman–Crippen MR) is 102 cm³/mol. The Hall–Kier alpha value is -2.94. The lowest BCUT2D eigenvalue weighted by Gasteiger charge is -2.05. The van der Waals surface area contributed by atoms with Crippen LogP contribution in [-0.2, 0) is 4.74 Å². The molecule has 0 aliphatic carbocycles. The van der Waals surface area contributed by atoms with E-state index in [-0.39, 0.29) is 0 Å². The van der Waals surface area contributed by atoms with Gasteiger partial charge in [-0.25, -0.2) is 0 Å². The summed E-state index contributed by atoms with van der Waals surface area (Å²) in [5.41, 5.74) is 5.82. The van der Waals surface area contributed by atoms with Gasteiger partial charge < -0.3 is 14.7 Å². The molecule has 0 unspecified atom stereocenters. The molecule has 0 spiro atoms. The number of allylic oxidation sites excluding steroid dienone is 4. The predicted octanol–water partition coefficient (Wildman–Crippen LogP) is 5.76. The van der Waals surface area contributed by atoms with Crippen molar-refractivity contribution in [1.29, 1.82) is 0 Å². The minimum atomic E-state index is 0.898. The van der Waals surface area contributed by atoms with Crippen LogP contribution in [0, 0.1) is 0 Å². The lowest BCUT2D eigenvalue weighted by atomic mass is 10.0. The number of fused-ring (bicyclic) bond motifs is 5. The van der Waals surface area contributed by atoms with Crippen molar-refractivity contribution in [2.45, 2.75) is 13.8 Å². The van der Waals surface area contributed by atoms with Crippen molar-refractivity contribution >= 4 is 38.3 Å². The molecule has 0 radical (unpaired) electrons. The van der Waals surface area contributed by atoms with E-state index >= 15 is 0 Å².